The van der Waals surface area contributed by atoms with Gasteiger partial charge >= 0.3 is 6.18 Å². The number of alkyl halides is 3. The molecule has 1 aromatic rings. The average Bonchev–Trinajstić information content (AvgIpc) is 2.17. The monoisotopic (exact) mass is 213 g/mol. The third-order valence-corrected chi connectivity index (χ3v) is 1.92. The molecule has 77 valence electrons. The van der Waals surface area contributed by atoms with Crippen molar-refractivity contribution >= 4 is 11.6 Å². The molecule has 2 rings (SSSR count). The van der Waals surface area contributed by atoms with Gasteiger partial charge in [0, 0.05) is 5.56 Å². The minimum atomic E-state index is -4.60. The van der Waals surface area contributed by atoms with Crippen LogP contribution >= 0.6 is 0 Å². The van der Waals surface area contributed by atoms with Crippen LogP contribution in [0.2, 0.25) is 0 Å². The lowest BCUT2D eigenvalue weighted by Crippen LogP contribution is -2.32. The number of hydrogen-bond acceptors (Lipinski definition) is 2. The largest absolute Gasteiger partial charge is 0.435 e. The van der Waals surface area contributed by atoms with E-state index in [1.165, 1.54) is 24.3 Å². The normalized spacial score (nSPS) is 15.4. The molecule has 6 heteroatoms. The molecular formula is C9H4F3N2O. The topological polar surface area (TPSA) is 43.5 Å². The van der Waals surface area contributed by atoms with Gasteiger partial charge < -0.3 is 0 Å². The van der Waals surface area contributed by atoms with Gasteiger partial charge in [-0.05, 0) is 6.07 Å². The van der Waals surface area contributed by atoms with Crippen LogP contribution in [0.3, 0.4) is 0 Å². The Morgan fingerprint density at radius 1 is 1.07 bits per heavy atom. The molecule has 1 heterocycles. The first-order valence-electron chi connectivity index (χ1n) is 4.00. The third-order valence-electron chi connectivity index (χ3n) is 1.92. The Morgan fingerprint density at radius 3 is 2.27 bits per heavy atom. The predicted octanol–water partition coefficient (Wildman–Crippen LogP) is 1.71. The van der Waals surface area contributed by atoms with E-state index in [0.29, 0.717) is 0 Å². The highest BCUT2D eigenvalue weighted by Gasteiger charge is 2.41. The zero-order chi connectivity index (χ0) is 11.1. The van der Waals surface area contributed by atoms with E-state index in [-0.39, 0.29) is 11.1 Å². The number of carbonyl (C=O) groups excluding carboxylic acids is 1. The van der Waals surface area contributed by atoms with Crippen molar-refractivity contribution in [2.75, 3.05) is 0 Å². The van der Waals surface area contributed by atoms with Gasteiger partial charge in [0.05, 0.1) is 5.56 Å². The van der Waals surface area contributed by atoms with Crippen molar-refractivity contribution in [3.8, 4) is 0 Å². The lowest BCUT2D eigenvalue weighted by atomic mass is 10.0. The van der Waals surface area contributed by atoms with Crippen molar-refractivity contribution in [3.05, 3.63) is 35.4 Å². The minimum Gasteiger partial charge on any atom is -0.265 e. The van der Waals surface area contributed by atoms with Crippen molar-refractivity contribution in [2.24, 2.45) is 5.10 Å². The molecule has 0 atom stereocenters. The first-order valence-corrected chi connectivity index (χ1v) is 4.00. The van der Waals surface area contributed by atoms with Crippen molar-refractivity contribution in [1.82, 2.24) is 5.43 Å². The smallest absolute Gasteiger partial charge is 0.265 e. The molecule has 1 amide bonds. The second kappa shape index (κ2) is 3.08. The Bertz CT molecular complexity index is 451. The van der Waals surface area contributed by atoms with Gasteiger partial charge in [-0.3, -0.25) is 4.79 Å². The van der Waals surface area contributed by atoms with Crippen LogP contribution in [0.1, 0.15) is 15.9 Å². The molecule has 0 saturated carbocycles. The van der Waals surface area contributed by atoms with E-state index in [9.17, 15) is 18.0 Å². The summed E-state index contributed by atoms with van der Waals surface area (Å²) in [5.41, 5.74) is 1.53. The highest BCUT2D eigenvalue weighted by atomic mass is 19.4. The van der Waals surface area contributed by atoms with Crippen molar-refractivity contribution < 1.29 is 18.0 Å². The quantitative estimate of drug-likeness (QED) is 0.646. The van der Waals surface area contributed by atoms with E-state index in [0.717, 1.165) is 0 Å². The Hall–Kier alpha value is -1.85. The Balaban J connectivity index is 2.59. The molecule has 0 unspecified atom stereocenters. The van der Waals surface area contributed by atoms with Gasteiger partial charge in [0.1, 0.15) is 0 Å². The number of hydrogen-bond donors (Lipinski definition) is 0. The predicted molar refractivity (Wildman–Crippen MR) is 45.5 cm³/mol. The van der Waals surface area contributed by atoms with Gasteiger partial charge in [-0.15, -0.1) is 10.5 Å². The summed E-state index contributed by atoms with van der Waals surface area (Å²) in [5, 5.41) is 2.89. The molecule has 0 bridgehead atoms. The average molecular weight is 213 g/mol. The number of nitrogens with zero attached hydrogens (tertiary/aromatic N) is 2. The first-order chi connectivity index (χ1) is 7.00. The molecule has 1 aromatic carbocycles. The van der Waals surface area contributed by atoms with Gasteiger partial charge in [0.2, 0.25) is 0 Å². The van der Waals surface area contributed by atoms with E-state index >= 15 is 0 Å². The summed E-state index contributed by atoms with van der Waals surface area (Å²) in [4.78, 5) is 11.1. The van der Waals surface area contributed by atoms with Gasteiger partial charge in [-0.1, -0.05) is 18.2 Å². The van der Waals surface area contributed by atoms with Gasteiger partial charge in [0.15, 0.2) is 5.71 Å². The molecule has 0 aliphatic carbocycles. The van der Waals surface area contributed by atoms with Crippen LogP contribution < -0.4 is 5.43 Å². The van der Waals surface area contributed by atoms with Crippen LogP contribution in [0.25, 0.3) is 0 Å². The molecular weight excluding hydrogens is 209 g/mol. The van der Waals surface area contributed by atoms with Crippen molar-refractivity contribution in [3.63, 3.8) is 0 Å². The van der Waals surface area contributed by atoms with Gasteiger partial charge in [-0.25, -0.2) is 0 Å². The molecule has 0 spiro atoms. The highest BCUT2D eigenvalue weighted by Crippen LogP contribution is 2.26. The molecule has 0 saturated heterocycles. The molecule has 0 fully saturated rings. The maximum atomic E-state index is 12.4. The zero-order valence-corrected chi connectivity index (χ0v) is 7.25. The van der Waals surface area contributed by atoms with Gasteiger partial charge in [0.25, 0.3) is 5.91 Å². The van der Waals surface area contributed by atoms with E-state index in [4.69, 9.17) is 0 Å². The fourth-order valence-corrected chi connectivity index (χ4v) is 1.29. The van der Waals surface area contributed by atoms with E-state index in [1.807, 2.05) is 0 Å². The SMILES string of the molecule is O=C1[N]N=C(C(F)(F)F)c2ccccc21. The number of benzene rings is 1. The highest BCUT2D eigenvalue weighted by molar-refractivity contribution is 6.15. The summed E-state index contributed by atoms with van der Waals surface area (Å²) in [6.45, 7) is 0. The number of fused-ring (bicyclic) bond motifs is 1. The molecule has 15 heavy (non-hydrogen) atoms. The molecule has 0 N–H and O–H groups in total. The summed E-state index contributed by atoms with van der Waals surface area (Å²) < 4.78 is 37.3. The Labute approximate surface area is 82.6 Å². The van der Waals surface area contributed by atoms with Crippen LogP contribution in [0, 0.1) is 0 Å². The molecule has 1 aliphatic rings. The van der Waals surface area contributed by atoms with Crippen molar-refractivity contribution in [2.45, 2.75) is 6.18 Å². The maximum Gasteiger partial charge on any atom is 0.435 e. The number of halogens is 3. The Morgan fingerprint density at radius 2 is 1.67 bits per heavy atom. The molecule has 3 nitrogen and oxygen atoms in total. The summed E-state index contributed by atoms with van der Waals surface area (Å²) in [5.74, 6) is -0.751. The molecule has 0 aromatic heterocycles. The van der Waals surface area contributed by atoms with Crippen LogP contribution in [-0.2, 0) is 0 Å². The van der Waals surface area contributed by atoms with Crippen LogP contribution in [0.5, 0.6) is 0 Å². The lowest BCUT2D eigenvalue weighted by molar-refractivity contribution is -0.0585. The van der Waals surface area contributed by atoms with Crippen LogP contribution in [0.15, 0.2) is 29.4 Å². The Kier molecular flexibility index (Phi) is 1.99. The summed E-state index contributed by atoms with van der Waals surface area (Å²) >= 11 is 0. The summed E-state index contributed by atoms with van der Waals surface area (Å²) in [6, 6.07) is 5.39. The number of amides is 1. The summed E-state index contributed by atoms with van der Waals surface area (Å²) in [6.07, 6.45) is -4.60. The second-order valence-electron chi connectivity index (χ2n) is 2.90. The van der Waals surface area contributed by atoms with E-state index in [1.54, 1.807) is 0 Å². The standard InChI is InChI=1S/C9H4F3N2O/c10-9(11,12)7-5-3-1-2-4-6(5)8(15)14-13-7/h1-4H. The fourth-order valence-electron chi connectivity index (χ4n) is 1.29. The first kappa shape index (κ1) is 9.70. The van der Waals surface area contributed by atoms with Crippen LogP contribution in [-0.4, -0.2) is 17.8 Å². The maximum absolute atomic E-state index is 12.4. The van der Waals surface area contributed by atoms with E-state index < -0.39 is 17.8 Å². The lowest BCUT2D eigenvalue weighted by Gasteiger charge is -2.16. The third kappa shape index (κ3) is 1.58. The van der Waals surface area contributed by atoms with Crippen LogP contribution in [0.4, 0.5) is 13.2 Å². The van der Waals surface area contributed by atoms with E-state index in [2.05, 4.69) is 10.5 Å². The zero-order valence-electron chi connectivity index (χ0n) is 7.25. The number of carbonyl (C=O) groups is 1. The molecule has 1 aliphatic heterocycles. The van der Waals surface area contributed by atoms with Crippen molar-refractivity contribution in [1.29, 1.82) is 0 Å². The molecule has 1 radical (unpaired) electrons. The minimum absolute atomic E-state index is 0.0696. The second-order valence-corrected chi connectivity index (χ2v) is 2.90. The fraction of sp³-hybridized carbons (Fsp3) is 0.111. The summed E-state index contributed by atoms with van der Waals surface area (Å²) in [7, 11) is 0. The number of rotatable bonds is 0. The van der Waals surface area contributed by atoms with Gasteiger partial charge in [-0.2, -0.15) is 13.2 Å².